The number of fused-ring (bicyclic) bond motifs is 5. The van der Waals surface area contributed by atoms with Crippen LogP contribution in [-0.4, -0.2) is 0 Å². The monoisotopic (exact) mass is 443 g/mol. The number of halogens is 1. The van der Waals surface area contributed by atoms with Crippen LogP contribution in [0.2, 0.25) is 0 Å². The molecular formula is C32H19FO. The van der Waals surface area contributed by atoms with Gasteiger partial charge in [0.05, 0.1) is 6.85 Å². The van der Waals surface area contributed by atoms with Gasteiger partial charge < -0.3 is 4.42 Å². The number of benzene rings is 6. The van der Waals surface area contributed by atoms with Gasteiger partial charge >= 0.3 is 0 Å². The maximum absolute atomic E-state index is 14.5. The molecule has 1 nitrogen and oxygen atoms in total. The Hall–Kier alpha value is -4.43. The van der Waals surface area contributed by atoms with Gasteiger partial charge in [0.2, 0.25) is 0 Å². The second-order valence-electron chi connectivity index (χ2n) is 8.27. The van der Waals surface area contributed by atoms with Crippen molar-refractivity contribution in [2.75, 3.05) is 0 Å². The van der Waals surface area contributed by atoms with E-state index in [0.717, 1.165) is 38.1 Å². The summed E-state index contributed by atoms with van der Waals surface area (Å²) in [6.07, 6.45) is 0. The van der Waals surface area contributed by atoms with Gasteiger partial charge in [0, 0.05) is 10.8 Å². The largest absolute Gasteiger partial charge is 0.453 e. The number of hydrogen-bond acceptors (Lipinski definition) is 1. The fraction of sp³-hybridized carbons (Fsp3) is 0. The Balaban J connectivity index is 1.64. The summed E-state index contributed by atoms with van der Waals surface area (Å²) < 4.78 is 62.3. The van der Waals surface area contributed by atoms with E-state index in [1.807, 2.05) is 72.8 Å². The zero-order valence-electron chi connectivity index (χ0n) is 22.9. The Kier molecular flexibility index (Phi) is 3.15. The van der Waals surface area contributed by atoms with Crippen LogP contribution in [0.3, 0.4) is 0 Å². The Morgan fingerprint density at radius 1 is 0.559 bits per heavy atom. The molecule has 0 bridgehead atoms. The zero-order chi connectivity index (χ0) is 27.0. The highest BCUT2D eigenvalue weighted by Crippen LogP contribution is 2.44. The van der Waals surface area contributed by atoms with Gasteiger partial charge in [0.15, 0.2) is 11.4 Å². The summed E-state index contributed by atoms with van der Waals surface area (Å²) in [7, 11) is 0. The van der Waals surface area contributed by atoms with Crippen LogP contribution < -0.4 is 0 Å². The van der Waals surface area contributed by atoms with Crippen LogP contribution in [0.4, 0.5) is 4.39 Å². The standard InChI is InChI=1S/C32H19FO/c33-28-16-8-15-26-27-19-21(17-18-29(27)34-32(26)28)31-24-13-6-4-11-22(24)30(20-9-2-1-3-10-20)23-12-5-7-14-25(23)31/h1-19H/i1D,2D,3D,9D,10D. The van der Waals surface area contributed by atoms with Crippen LogP contribution in [0.25, 0.3) is 65.7 Å². The Morgan fingerprint density at radius 3 is 1.79 bits per heavy atom. The second kappa shape index (κ2) is 7.29. The Bertz CT molecular complexity index is 2060. The summed E-state index contributed by atoms with van der Waals surface area (Å²) >= 11 is 0. The molecule has 2 heteroatoms. The summed E-state index contributed by atoms with van der Waals surface area (Å²) in [5, 5.41) is 4.77. The molecule has 1 heterocycles. The maximum Gasteiger partial charge on any atom is 0.171 e. The molecule has 7 aromatic rings. The minimum Gasteiger partial charge on any atom is -0.453 e. The molecule has 0 aliphatic heterocycles. The summed E-state index contributed by atoms with van der Waals surface area (Å²) in [5.41, 5.74) is 3.41. The second-order valence-corrected chi connectivity index (χ2v) is 8.27. The minimum absolute atomic E-state index is 0.173. The topological polar surface area (TPSA) is 13.1 Å². The SMILES string of the molecule is [2H]c1c([2H])c([2H])c(-c2c3ccccc3c(-c3ccc4oc5c(F)cccc5c4c3)c3ccccc23)c([2H])c1[2H]. The van der Waals surface area contributed by atoms with Crippen molar-refractivity contribution >= 4 is 43.5 Å². The summed E-state index contributed by atoms with van der Waals surface area (Å²) in [6, 6.07) is 24.5. The van der Waals surface area contributed by atoms with E-state index in [9.17, 15) is 4.39 Å². The first-order valence-corrected chi connectivity index (χ1v) is 11.0. The predicted molar refractivity (Wildman–Crippen MR) is 140 cm³/mol. The first kappa shape index (κ1) is 14.7. The van der Waals surface area contributed by atoms with Crippen LogP contribution in [0.15, 0.2) is 120 Å². The lowest BCUT2D eigenvalue weighted by molar-refractivity contribution is 0.584. The van der Waals surface area contributed by atoms with Crippen LogP contribution in [0, 0.1) is 5.82 Å². The van der Waals surface area contributed by atoms with Gasteiger partial charge in [-0.05, 0) is 62.0 Å². The van der Waals surface area contributed by atoms with Crippen LogP contribution in [0.5, 0.6) is 0 Å². The van der Waals surface area contributed by atoms with Crippen molar-refractivity contribution in [2.45, 2.75) is 0 Å². The first-order valence-electron chi connectivity index (χ1n) is 13.5. The predicted octanol–water partition coefficient (Wildman–Crippen LogP) is 9.37. The molecule has 0 unspecified atom stereocenters. The lowest BCUT2D eigenvalue weighted by atomic mass is 9.86. The van der Waals surface area contributed by atoms with Gasteiger partial charge in [-0.3, -0.25) is 0 Å². The van der Waals surface area contributed by atoms with E-state index in [1.54, 1.807) is 6.07 Å². The zero-order valence-corrected chi connectivity index (χ0v) is 17.9. The average Bonchev–Trinajstić information content (AvgIpc) is 3.34. The third-order valence-corrected chi connectivity index (χ3v) is 6.42. The lowest BCUT2D eigenvalue weighted by Gasteiger charge is -2.17. The van der Waals surface area contributed by atoms with Crippen molar-refractivity contribution in [1.29, 1.82) is 0 Å². The molecular weight excluding hydrogens is 419 g/mol. The van der Waals surface area contributed by atoms with Crippen LogP contribution >= 0.6 is 0 Å². The molecule has 0 saturated heterocycles. The van der Waals surface area contributed by atoms with E-state index < -0.39 is 11.9 Å². The fourth-order valence-corrected chi connectivity index (χ4v) is 5.00. The molecule has 7 rings (SSSR count). The molecule has 1 aromatic heterocycles. The van der Waals surface area contributed by atoms with E-state index in [2.05, 4.69) is 0 Å². The van der Waals surface area contributed by atoms with Gasteiger partial charge in [-0.25, -0.2) is 4.39 Å². The van der Waals surface area contributed by atoms with Gasteiger partial charge in [0.25, 0.3) is 0 Å². The molecule has 0 aliphatic carbocycles. The highest BCUT2D eigenvalue weighted by Gasteiger charge is 2.18. The molecule has 34 heavy (non-hydrogen) atoms. The van der Waals surface area contributed by atoms with Gasteiger partial charge in [-0.15, -0.1) is 0 Å². The molecule has 0 spiro atoms. The molecule has 0 saturated carbocycles. The highest BCUT2D eigenvalue weighted by molar-refractivity contribution is 6.22. The normalized spacial score (nSPS) is 13.7. The number of para-hydroxylation sites is 1. The molecule has 0 N–H and O–H groups in total. The van der Waals surface area contributed by atoms with Crippen LogP contribution in [-0.2, 0) is 0 Å². The van der Waals surface area contributed by atoms with E-state index in [4.69, 9.17) is 11.3 Å². The Labute approximate surface area is 202 Å². The van der Waals surface area contributed by atoms with E-state index in [1.165, 1.54) is 6.07 Å². The van der Waals surface area contributed by atoms with E-state index >= 15 is 0 Å². The fourth-order valence-electron chi connectivity index (χ4n) is 5.00. The summed E-state index contributed by atoms with van der Waals surface area (Å²) in [6.45, 7) is 0. The summed E-state index contributed by atoms with van der Waals surface area (Å²) in [5.74, 6) is -0.413. The Morgan fingerprint density at radius 2 is 1.15 bits per heavy atom. The number of furan rings is 1. The number of hydrogen-bond donors (Lipinski definition) is 0. The third-order valence-electron chi connectivity index (χ3n) is 6.42. The molecule has 6 aromatic carbocycles. The highest BCUT2D eigenvalue weighted by atomic mass is 19.1. The van der Waals surface area contributed by atoms with Crippen molar-refractivity contribution in [3.63, 3.8) is 0 Å². The third kappa shape index (κ3) is 2.72. The smallest absolute Gasteiger partial charge is 0.171 e. The summed E-state index contributed by atoms with van der Waals surface area (Å²) in [4.78, 5) is 0. The molecule has 0 fully saturated rings. The van der Waals surface area contributed by atoms with Gasteiger partial charge in [-0.1, -0.05) is 96.9 Å². The molecule has 0 atom stereocenters. The van der Waals surface area contributed by atoms with Gasteiger partial charge in [0.1, 0.15) is 5.58 Å². The quantitative estimate of drug-likeness (QED) is 0.243. The van der Waals surface area contributed by atoms with Crippen molar-refractivity contribution in [3.8, 4) is 22.3 Å². The molecule has 0 radical (unpaired) electrons. The number of rotatable bonds is 2. The molecule has 0 amide bonds. The van der Waals surface area contributed by atoms with E-state index in [-0.39, 0.29) is 35.3 Å². The van der Waals surface area contributed by atoms with E-state index in [0.29, 0.717) is 16.5 Å². The minimum atomic E-state index is -0.420. The molecule has 0 aliphatic rings. The maximum atomic E-state index is 14.5. The molecule has 160 valence electrons. The van der Waals surface area contributed by atoms with Crippen molar-refractivity contribution < 1.29 is 15.7 Å². The van der Waals surface area contributed by atoms with Gasteiger partial charge in [-0.2, -0.15) is 0 Å². The van der Waals surface area contributed by atoms with Crippen molar-refractivity contribution in [2.24, 2.45) is 0 Å². The lowest BCUT2D eigenvalue weighted by Crippen LogP contribution is -1.90. The van der Waals surface area contributed by atoms with Crippen molar-refractivity contribution in [3.05, 3.63) is 121 Å². The van der Waals surface area contributed by atoms with Crippen LogP contribution in [0.1, 0.15) is 6.85 Å². The van der Waals surface area contributed by atoms with Crippen molar-refractivity contribution in [1.82, 2.24) is 0 Å². The average molecular weight is 444 g/mol. The first-order chi connectivity index (χ1) is 18.9.